The average molecular weight is 328 g/mol. The molecule has 1 aliphatic heterocycles. The largest absolute Gasteiger partial charge is 0.479 e. The number of ketones is 1. The van der Waals surface area contributed by atoms with E-state index in [0.29, 0.717) is 10.2 Å². The number of carboxylic acid groups (broad SMARTS) is 1. The third-order valence-electron chi connectivity index (χ3n) is 2.87. The summed E-state index contributed by atoms with van der Waals surface area (Å²) < 4.78 is 0.491. The first kappa shape index (κ1) is 13.7. The topological polar surface area (TPSA) is 94.9 Å². The van der Waals surface area contributed by atoms with Gasteiger partial charge in [-0.2, -0.15) is 0 Å². The van der Waals surface area contributed by atoms with E-state index >= 15 is 0 Å². The second-order valence-corrected chi connectivity index (χ2v) is 5.29. The highest BCUT2D eigenvalue weighted by Crippen LogP contribution is 2.36. The molecular formula is C12H10BrNO5. The predicted molar refractivity (Wildman–Crippen MR) is 69.1 cm³/mol. The number of fused-ring (bicyclic) bond motifs is 1. The van der Waals surface area contributed by atoms with Crippen LogP contribution in [0.25, 0.3) is 0 Å². The molecule has 100 valence electrons. The molecule has 1 heterocycles. The van der Waals surface area contributed by atoms with Crippen molar-refractivity contribution in [2.24, 2.45) is 0 Å². The van der Waals surface area contributed by atoms with Gasteiger partial charge in [-0.05, 0) is 35.0 Å². The maximum Gasteiger partial charge on any atom is 0.337 e. The lowest BCUT2D eigenvalue weighted by atomic mass is 10.1. The summed E-state index contributed by atoms with van der Waals surface area (Å²) in [5, 5.41) is 18.6. The van der Waals surface area contributed by atoms with Crippen LogP contribution in [0.2, 0.25) is 0 Å². The van der Waals surface area contributed by atoms with E-state index in [4.69, 9.17) is 5.11 Å². The lowest BCUT2D eigenvalue weighted by Gasteiger charge is -2.25. The van der Waals surface area contributed by atoms with Crippen molar-refractivity contribution in [2.45, 2.75) is 12.5 Å². The van der Waals surface area contributed by atoms with Crippen LogP contribution in [0.15, 0.2) is 22.7 Å². The molecule has 1 aromatic carbocycles. The van der Waals surface area contributed by atoms with Crippen LogP contribution in [0.4, 0.5) is 5.69 Å². The summed E-state index contributed by atoms with van der Waals surface area (Å²) in [6.45, 7) is 0.574. The molecule has 2 N–H and O–H groups in total. The highest BCUT2D eigenvalue weighted by Gasteiger charge is 2.42. The van der Waals surface area contributed by atoms with Crippen LogP contribution >= 0.6 is 15.9 Å². The molecule has 2 rings (SSSR count). The highest BCUT2D eigenvalue weighted by molar-refractivity contribution is 9.10. The third-order valence-corrected chi connectivity index (χ3v) is 3.51. The summed E-state index contributed by atoms with van der Waals surface area (Å²) in [5.74, 6) is -3.02. The zero-order valence-corrected chi connectivity index (χ0v) is 11.5. The molecule has 0 radical (unpaired) electrons. The Morgan fingerprint density at radius 2 is 2.05 bits per heavy atom. The number of β-amino-alcohol motifs (C(OH)–C–C–N with tert-alkyl or cyclic N) is 1. The van der Waals surface area contributed by atoms with E-state index in [0.717, 1.165) is 11.8 Å². The number of amides is 1. The Balaban J connectivity index is 2.47. The Morgan fingerprint density at radius 1 is 1.42 bits per heavy atom. The van der Waals surface area contributed by atoms with Crippen molar-refractivity contribution in [3.05, 3.63) is 28.2 Å². The first-order valence-electron chi connectivity index (χ1n) is 5.36. The number of halogens is 1. The van der Waals surface area contributed by atoms with E-state index in [2.05, 4.69) is 15.9 Å². The number of para-hydroxylation sites is 1. The van der Waals surface area contributed by atoms with Crippen LogP contribution in [-0.4, -0.2) is 40.0 Å². The molecule has 7 heteroatoms. The minimum absolute atomic E-state index is 0.195. The van der Waals surface area contributed by atoms with Crippen molar-refractivity contribution in [2.75, 3.05) is 11.4 Å². The minimum atomic E-state index is -2.13. The van der Waals surface area contributed by atoms with Crippen LogP contribution < -0.4 is 4.90 Å². The lowest BCUT2D eigenvalue weighted by molar-refractivity contribution is -0.155. The van der Waals surface area contributed by atoms with Crippen LogP contribution in [0.5, 0.6) is 0 Å². The number of Topliss-reactive ketones (excluding diaryl/α,β-unsaturated/α-hetero) is 1. The summed E-state index contributed by atoms with van der Waals surface area (Å²) in [4.78, 5) is 35.5. The number of carboxylic acids is 1. The predicted octanol–water partition coefficient (Wildman–Crippen LogP) is 0.814. The normalized spacial score (nSPS) is 17.3. The molecule has 1 aromatic rings. The Kier molecular flexibility index (Phi) is 3.19. The number of rotatable bonds is 3. The number of benzene rings is 1. The molecule has 0 spiro atoms. The molecule has 0 aliphatic carbocycles. The lowest BCUT2D eigenvalue weighted by Crippen LogP contribution is -2.48. The van der Waals surface area contributed by atoms with Gasteiger partial charge in [0.25, 0.3) is 11.7 Å². The maximum absolute atomic E-state index is 11.9. The van der Waals surface area contributed by atoms with Gasteiger partial charge in [-0.25, -0.2) is 4.79 Å². The van der Waals surface area contributed by atoms with Crippen molar-refractivity contribution in [3.8, 4) is 0 Å². The monoisotopic (exact) mass is 327 g/mol. The SMILES string of the molecule is CC(O)(CN1C(=O)C(=O)c2cccc(Br)c21)C(=O)O. The van der Waals surface area contributed by atoms with E-state index in [-0.39, 0.29) is 5.56 Å². The zero-order valence-electron chi connectivity index (χ0n) is 9.88. The van der Waals surface area contributed by atoms with Gasteiger partial charge in [0.05, 0.1) is 17.8 Å². The Labute approximate surface area is 116 Å². The number of hydrogen-bond donors (Lipinski definition) is 2. The standard InChI is InChI=1S/C12H10BrNO5/c1-12(19,11(17)18)5-14-8-6(9(15)10(14)16)3-2-4-7(8)13/h2-4,19H,5H2,1H3,(H,17,18). The van der Waals surface area contributed by atoms with Crippen LogP contribution in [-0.2, 0) is 9.59 Å². The molecule has 0 bridgehead atoms. The molecular weight excluding hydrogens is 318 g/mol. The molecule has 19 heavy (non-hydrogen) atoms. The second kappa shape index (κ2) is 4.43. The maximum atomic E-state index is 11.9. The van der Waals surface area contributed by atoms with Crippen LogP contribution in [0.1, 0.15) is 17.3 Å². The number of anilines is 1. The molecule has 0 aromatic heterocycles. The number of hydrogen-bond acceptors (Lipinski definition) is 4. The third kappa shape index (κ3) is 2.15. The summed E-state index contributed by atoms with van der Waals surface area (Å²) in [5.41, 5.74) is -1.65. The van der Waals surface area contributed by atoms with E-state index in [1.807, 2.05) is 0 Å². The number of carbonyl (C=O) groups is 3. The van der Waals surface area contributed by atoms with Crippen molar-refractivity contribution in [1.29, 1.82) is 0 Å². The summed E-state index contributed by atoms with van der Waals surface area (Å²) in [6, 6.07) is 4.72. The number of aliphatic carboxylic acids is 1. The van der Waals surface area contributed by atoms with Crippen LogP contribution in [0.3, 0.4) is 0 Å². The van der Waals surface area contributed by atoms with Gasteiger partial charge in [0, 0.05) is 4.47 Å². The highest BCUT2D eigenvalue weighted by atomic mass is 79.9. The Bertz CT molecular complexity index is 596. The molecule has 1 unspecified atom stereocenters. The van der Waals surface area contributed by atoms with Crippen molar-refractivity contribution < 1.29 is 24.6 Å². The van der Waals surface area contributed by atoms with Crippen LogP contribution in [0, 0.1) is 0 Å². The van der Waals surface area contributed by atoms with E-state index in [9.17, 15) is 19.5 Å². The second-order valence-electron chi connectivity index (χ2n) is 4.44. The van der Waals surface area contributed by atoms with Gasteiger partial charge in [0.2, 0.25) is 0 Å². The van der Waals surface area contributed by atoms with Gasteiger partial charge in [-0.3, -0.25) is 9.59 Å². The van der Waals surface area contributed by atoms with Crippen molar-refractivity contribution in [3.63, 3.8) is 0 Å². The van der Waals surface area contributed by atoms with Gasteiger partial charge in [0.1, 0.15) is 0 Å². The molecule has 1 atom stereocenters. The number of carbonyl (C=O) groups excluding carboxylic acids is 2. The molecule has 1 aliphatic rings. The zero-order chi connectivity index (χ0) is 14.4. The van der Waals surface area contributed by atoms with E-state index in [1.54, 1.807) is 12.1 Å². The fourth-order valence-corrected chi connectivity index (χ4v) is 2.42. The quantitative estimate of drug-likeness (QED) is 0.801. The first-order valence-corrected chi connectivity index (χ1v) is 6.15. The van der Waals surface area contributed by atoms with Gasteiger partial charge < -0.3 is 15.1 Å². The average Bonchev–Trinajstić information content (AvgIpc) is 2.55. The smallest absolute Gasteiger partial charge is 0.337 e. The van der Waals surface area contributed by atoms with E-state index < -0.39 is 29.8 Å². The summed E-state index contributed by atoms with van der Waals surface area (Å²) in [6.07, 6.45) is 0. The fraction of sp³-hybridized carbons (Fsp3) is 0.250. The van der Waals surface area contributed by atoms with Gasteiger partial charge in [-0.1, -0.05) is 6.07 Å². The van der Waals surface area contributed by atoms with E-state index in [1.165, 1.54) is 6.07 Å². The van der Waals surface area contributed by atoms with Gasteiger partial charge >= 0.3 is 5.97 Å². The van der Waals surface area contributed by atoms with Gasteiger partial charge in [0.15, 0.2) is 5.60 Å². The molecule has 0 saturated carbocycles. The molecule has 0 fully saturated rings. The van der Waals surface area contributed by atoms with Crippen molar-refractivity contribution >= 4 is 39.3 Å². The fourth-order valence-electron chi connectivity index (χ4n) is 1.84. The molecule has 6 nitrogen and oxygen atoms in total. The first-order chi connectivity index (χ1) is 8.75. The minimum Gasteiger partial charge on any atom is -0.479 e. The summed E-state index contributed by atoms with van der Waals surface area (Å²) >= 11 is 3.21. The van der Waals surface area contributed by atoms with Gasteiger partial charge in [-0.15, -0.1) is 0 Å². The van der Waals surface area contributed by atoms with Crippen molar-refractivity contribution in [1.82, 2.24) is 0 Å². The number of nitrogens with zero attached hydrogens (tertiary/aromatic N) is 1. The summed E-state index contributed by atoms with van der Waals surface area (Å²) in [7, 11) is 0. The Hall–Kier alpha value is -1.73. The Morgan fingerprint density at radius 3 is 2.63 bits per heavy atom. The molecule has 0 saturated heterocycles. The number of aliphatic hydroxyl groups is 1. The molecule has 1 amide bonds.